The van der Waals surface area contributed by atoms with Crippen molar-refractivity contribution in [2.75, 3.05) is 10.6 Å². The van der Waals surface area contributed by atoms with E-state index in [0.717, 1.165) is 37.2 Å². The molecule has 0 saturated heterocycles. The molecule has 2 aromatic rings. The number of amides is 2. The van der Waals surface area contributed by atoms with Crippen LogP contribution in [0, 0.1) is 0 Å². The summed E-state index contributed by atoms with van der Waals surface area (Å²) in [5.41, 5.74) is 1.54. The van der Waals surface area contributed by atoms with Crippen molar-refractivity contribution in [2.45, 2.75) is 38.1 Å². The van der Waals surface area contributed by atoms with Gasteiger partial charge in [0, 0.05) is 25.1 Å². The third-order valence-corrected chi connectivity index (χ3v) is 4.41. The molecule has 2 aliphatic rings. The highest BCUT2D eigenvalue weighted by Crippen LogP contribution is 2.32. The van der Waals surface area contributed by atoms with E-state index in [2.05, 4.69) is 20.8 Å². The van der Waals surface area contributed by atoms with Crippen LogP contribution in [0.1, 0.15) is 36.6 Å². The maximum atomic E-state index is 12.7. The largest absolute Gasteiger partial charge is 0.326 e. The van der Waals surface area contributed by atoms with Gasteiger partial charge < -0.3 is 5.32 Å². The monoisotopic (exact) mass is 311 g/mol. The summed E-state index contributed by atoms with van der Waals surface area (Å²) in [4.78, 5) is 24.5. The Bertz CT molecular complexity index is 783. The molecule has 0 saturated carbocycles. The van der Waals surface area contributed by atoms with Gasteiger partial charge in [0.2, 0.25) is 17.8 Å². The number of carbonyl (C=O) groups excluding carboxylic acids is 2. The van der Waals surface area contributed by atoms with Crippen LogP contribution in [0.3, 0.4) is 0 Å². The molecule has 0 unspecified atom stereocenters. The molecule has 2 N–H and O–H groups in total. The number of benzene rings is 1. The van der Waals surface area contributed by atoms with E-state index in [1.165, 1.54) is 0 Å². The molecule has 118 valence electrons. The summed E-state index contributed by atoms with van der Waals surface area (Å²) in [5, 5.41) is 13.9. The van der Waals surface area contributed by atoms with E-state index in [4.69, 9.17) is 0 Å². The molecule has 3 heterocycles. The first-order chi connectivity index (χ1) is 11.2. The Balaban J connectivity index is 1.60. The Morgan fingerprint density at radius 3 is 3.04 bits per heavy atom. The second-order valence-electron chi connectivity index (χ2n) is 5.93. The lowest BCUT2D eigenvalue weighted by molar-refractivity contribution is -0.123. The van der Waals surface area contributed by atoms with Crippen LogP contribution >= 0.6 is 0 Å². The summed E-state index contributed by atoms with van der Waals surface area (Å²) < 4.78 is 1.95. The Hall–Kier alpha value is -2.70. The van der Waals surface area contributed by atoms with Crippen molar-refractivity contribution in [2.24, 2.45) is 0 Å². The van der Waals surface area contributed by atoms with Gasteiger partial charge >= 0.3 is 0 Å². The highest BCUT2D eigenvalue weighted by molar-refractivity contribution is 6.04. The zero-order valence-corrected chi connectivity index (χ0v) is 12.6. The molecule has 0 aliphatic carbocycles. The van der Waals surface area contributed by atoms with E-state index < -0.39 is 5.92 Å². The first-order valence-corrected chi connectivity index (χ1v) is 7.84. The number of aromatic nitrogens is 3. The smallest absolute Gasteiger partial charge is 0.234 e. The zero-order valence-electron chi connectivity index (χ0n) is 12.6. The van der Waals surface area contributed by atoms with Gasteiger partial charge in [-0.1, -0.05) is 18.2 Å². The third kappa shape index (κ3) is 2.48. The minimum atomic E-state index is -0.503. The van der Waals surface area contributed by atoms with Crippen molar-refractivity contribution in [3.05, 3.63) is 35.7 Å². The van der Waals surface area contributed by atoms with Gasteiger partial charge in [0.25, 0.3) is 0 Å². The highest BCUT2D eigenvalue weighted by atomic mass is 16.2. The topological polar surface area (TPSA) is 88.9 Å². The summed E-state index contributed by atoms with van der Waals surface area (Å²) in [7, 11) is 0. The summed E-state index contributed by atoms with van der Waals surface area (Å²) in [6.45, 7) is 0.819. The van der Waals surface area contributed by atoms with Gasteiger partial charge in [-0.05, 0) is 24.5 Å². The van der Waals surface area contributed by atoms with Crippen LogP contribution < -0.4 is 10.6 Å². The van der Waals surface area contributed by atoms with Crippen molar-refractivity contribution < 1.29 is 9.59 Å². The second-order valence-corrected chi connectivity index (χ2v) is 5.93. The third-order valence-electron chi connectivity index (χ3n) is 4.41. The van der Waals surface area contributed by atoms with E-state index in [-0.39, 0.29) is 18.2 Å². The normalized spacial score (nSPS) is 19.5. The molecule has 23 heavy (non-hydrogen) atoms. The lowest BCUT2D eigenvalue weighted by Crippen LogP contribution is -2.31. The van der Waals surface area contributed by atoms with Gasteiger partial charge in [0.05, 0.1) is 5.92 Å². The Morgan fingerprint density at radius 2 is 2.13 bits per heavy atom. The fourth-order valence-corrected chi connectivity index (χ4v) is 3.24. The van der Waals surface area contributed by atoms with Gasteiger partial charge in [-0.15, -0.1) is 10.2 Å². The molecular formula is C16H17N5O2. The zero-order chi connectivity index (χ0) is 15.8. The first kappa shape index (κ1) is 13.9. The van der Waals surface area contributed by atoms with Gasteiger partial charge in [-0.2, -0.15) is 0 Å². The summed E-state index contributed by atoms with van der Waals surface area (Å²) in [6.07, 6.45) is 3.19. The molecule has 1 aromatic carbocycles. The van der Waals surface area contributed by atoms with E-state index in [1.54, 1.807) is 0 Å². The lowest BCUT2D eigenvalue weighted by atomic mass is 9.90. The van der Waals surface area contributed by atoms with E-state index in [9.17, 15) is 9.59 Å². The Labute approximate surface area is 133 Å². The van der Waals surface area contributed by atoms with Gasteiger partial charge in [-0.3, -0.25) is 19.5 Å². The molecule has 7 nitrogen and oxygen atoms in total. The number of nitrogens with zero attached hydrogens (tertiary/aromatic N) is 3. The van der Waals surface area contributed by atoms with Gasteiger partial charge in [0.1, 0.15) is 5.82 Å². The first-order valence-electron chi connectivity index (χ1n) is 7.84. The molecule has 1 aromatic heterocycles. The minimum Gasteiger partial charge on any atom is -0.326 e. The summed E-state index contributed by atoms with van der Waals surface area (Å²) >= 11 is 0. The predicted octanol–water partition coefficient (Wildman–Crippen LogP) is 1.68. The van der Waals surface area contributed by atoms with Crippen molar-refractivity contribution >= 4 is 23.5 Å². The van der Waals surface area contributed by atoms with Crippen LogP contribution in [0.5, 0.6) is 0 Å². The lowest BCUT2D eigenvalue weighted by Gasteiger charge is -2.24. The molecule has 0 fully saturated rings. The van der Waals surface area contributed by atoms with Crippen molar-refractivity contribution in [3.8, 4) is 0 Å². The predicted molar refractivity (Wildman–Crippen MR) is 84.0 cm³/mol. The SMILES string of the molecule is O=C1C[C@@H](C(=O)Nc2nnc3n2CCCC3)c2ccccc2N1. The number of carbonyl (C=O) groups is 2. The Kier molecular flexibility index (Phi) is 3.33. The van der Waals surface area contributed by atoms with Crippen LogP contribution in [0.25, 0.3) is 0 Å². The fraction of sp³-hybridized carbons (Fsp3) is 0.375. The molecule has 0 radical (unpaired) electrons. The summed E-state index contributed by atoms with van der Waals surface area (Å²) in [6, 6.07) is 7.40. The molecular weight excluding hydrogens is 294 g/mol. The molecule has 0 bridgehead atoms. The van der Waals surface area contributed by atoms with Crippen molar-refractivity contribution in [3.63, 3.8) is 0 Å². The molecule has 2 amide bonds. The van der Waals surface area contributed by atoms with Crippen LogP contribution in [0.2, 0.25) is 0 Å². The molecule has 4 rings (SSSR count). The quantitative estimate of drug-likeness (QED) is 0.883. The number of rotatable bonds is 2. The Morgan fingerprint density at radius 1 is 1.26 bits per heavy atom. The average molecular weight is 311 g/mol. The fourth-order valence-electron chi connectivity index (χ4n) is 3.24. The molecule has 1 atom stereocenters. The number of fused-ring (bicyclic) bond motifs is 2. The molecule has 7 heteroatoms. The van der Waals surface area contributed by atoms with Crippen LogP contribution in [0.4, 0.5) is 11.6 Å². The standard InChI is InChI=1S/C16H17N5O2/c22-14-9-11(10-5-1-2-6-12(10)17-14)15(23)18-16-20-19-13-7-3-4-8-21(13)16/h1-2,5-6,11H,3-4,7-9H2,(H,17,22)(H,18,20,23)/t11-/m1/s1. The van der Waals surface area contributed by atoms with Crippen LogP contribution in [-0.4, -0.2) is 26.6 Å². The van der Waals surface area contributed by atoms with Crippen LogP contribution in [0.15, 0.2) is 24.3 Å². The average Bonchev–Trinajstić information content (AvgIpc) is 2.97. The maximum Gasteiger partial charge on any atom is 0.234 e. The van der Waals surface area contributed by atoms with E-state index >= 15 is 0 Å². The maximum absolute atomic E-state index is 12.7. The number of anilines is 2. The molecule has 0 spiro atoms. The number of nitrogens with one attached hydrogen (secondary N) is 2. The number of aryl methyl sites for hydroxylation is 1. The highest BCUT2D eigenvalue weighted by Gasteiger charge is 2.31. The van der Waals surface area contributed by atoms with E-state index in [0.29, 0.717) is 11.6 Å². The minimum absolute atomic E-state index is 0.143. The summed E-state index contributed by atoms with van der Waals surface area (Å²) in [5.74, 6) is 0.526. The molecule has 2 aliphatic heterocycles. The second kappa shape index (κ2) is 5.49. The van der Waals surface area contributed by atoms with Crippen LogP contribution in [-0.2, 0) is 22.6 Å². The number of hydrogen-bond donors (Lipinski definition) is 2. The van der Waals surface area contributed by atoms with Crippen molar-refractivity contribution in [1.82, 2.24) is 14.8 Å². The number of para-hydroxylation sites is 1. The van der Waals surface area contributed by atoms with Crippen molar-refractivity contribution in [1.29, 1.82) is 0 Å². The van der Waals surface area contributed by atoms with Gasteiger partial charge in [0.15, 0.2) is 0 Å². The van der Waals surface area contributed by atoms with E-state index in [1.807, 2.05) is 28.8 Å². The number of hydrogen-bond acceptors (Lipinski definition) is 4. The van der Waals surface area contributed by atoms with Gasteiger partial charge in [-0.25, -0.2) is 0 Å².